The molecule has 6 heteroatoms. The van der Waals surface area contributed by atoms with Gasteiger partial charge in [-0.2, -0.15) is 4.57 Å². The van der Waals surface area contributed by atoms with Crippen molar-refractivity contribution in [1.82, 2.24) is 9.47 Å². The van der Waals surface area contributed by atoms with E-state index in [1.165, 1.54) is 9.47 Å². The molecule has 0 saturated carbocycles. The Balaban J connectivity index is 2.71. The first kappa shape index (κ1) is 14.2. The number of imidazole rings is 1. The molecule has 1 heterocycles. The monoisotopic (exact) mass is 254 g/mol. The van der Waals surface area contributed by atoms with Crippen LogP contribution in [0.4, 0.5) is 4.79 Å². The first-order valence-corrected chi connectivity index (χ1v) is 6.06. The Labute approximate surface area is 107 Å². The van der Waals surface area contributed by atoms with Gasteiger partial charge >= 0.3 is 12.0 Å². The van der Waals surface area contributed by atoms with Crippen molar-refractivity contribution in [2.75, 3.05) is 19.7 Å². The number of amides is 1. The predicted molar refractivity (Wildman–Crippen MR) is 64.9 cm³/mol. The van der Waals surface area contributed by atoms with Gasteiger partial charge in [-0.3, -0.25) is 9.69 Å². The summed E-state index contributed by atoms with van der Waals surface area (Å²) in [6, 6.07) is -0.217. The molecule has 0 fully saturated rings. The molecule has 1 rings (SSSR count). The number of hydrogen-bond acceptors (Lipinski definition) is 3. The number of hydrogen-bond donors (Lipinski definition) is 0. The molecule has 1 aromatic rings. The molecule has 100 valence electrons. The molecule has 0 saturated heterocycles. The zero-order valence-corrected chi connectivity index (χ0v) is 11.1. The van der Waals surface area contributed by atoms with Crippen LogP contribution in [0.25, 0.3) is 0 Å². The highest BCUT2D eigenvalue weighted by Crippen LogP contribution is 1.99. The van der Waals surface area contributed by atoms with Crippen molar-refractivity contribution in [3.05, 3.63) is 18.7 Å². The Kier molecular flexibility index (Phi) is 5.35. The fourth-order valence-electron chi connectivity index (χ4n) is 1.60. The molecule has 0 radical (unpaired) electrons. The van der Waals surface area contributed by atoms with E-state index in [2.05, 4.69) is 0 Å². The highest BCUT2D eigenvalue weighted by molar-refractivity contribution is 5.82. The maximum atomic E-state index is 12.2. The van der Waals surface area contributed by atoms with Crippen LogP contribution in [-0.2, 0) is 16.6 Å². The number of aromatic nitrogens is 2. The summed E-state index contributed by atoms with van der Waals surface area (Å²) in [6.45, 7) is 4.55. The standard InChI is InChI=1S/C12H20N3O3/c1-4-6-14(9-11(16)18-5-2)12(17)15-8-7-13(3)10-15/h7-8,10H,4-6,9H2,1-3H3/q+1. The summed E-state index contributed by atoms with van der Waals surface area (Å²) in [5.74, 6) is -0.379. The van der Waals surface area contributed by atoms with E-state index in [0.29, 0.717) is 13.2 Å². The molecule has 0 spiro atoms. The first-order chi connectivity index (χ1) is 8.58. The fraction of sp³-hybridized carbons (Fsp3) is 0.583. The van der Waals surface area contributed by atoms with Crippen molar-refractivity contribution in [3.63, 3.8) is 0 Å². The maximum Gasteiger partial charge on any atom is 0.416 e. The van der Waals surface area contributed by atoms with E-state index in [4.69, 9.17) is 4.74 Å². The summed E-state index contributed by atoms with van der Waals surface area (Å²) in [4.78, 5) is 25.1. The molecule has 18 heavy (non-hydrogen) atoms. The minimum Gasteiger partial charge on any atom is -0.465 e. The molecule has 0 aliphatic carbocycles. The molecule has 1 amide bonds. The van der Waals surface area contributed by atoms with Gasteiger partial charge in [0.1, 0.15) is 18.9 Å². The third kappa shape index (κ3) is 3.87. The molecule has 0 aromatic carbocycles. The zero-order valence-electron chi connectivity index (χ0n) is 11.1. The van der Waals surface area contributed by atoms with Crippen LogP contribution in [0.3, 0.4) is 0 Å². The highest BCUT2D eigenvalue weighted by atomic mass is 16.5. The van der Waals surface area contributed by atoms with Gasteiger partial charge in [0.05, 0.1) is 13.7 Å². The Bertz CT molecular complexity index is 414. The molecule has 0 bridgehead atoms. The maximum absolute atomic E-state index is 12.2. The third-order valence-electron chi connectivity index (χ3n) is 2.38. The number of carbonyl (C=O) groups is 2. The molecular formula is C12H20N3O3+. The molecule has 0 atom stereocenters. The van der Waals surface area contributed by atoms with E-state index in [9.17, 15) is 9.59 Å². The highest BCUT2D eigenvalue weighted by Gasteiger charge is 2.22. The van der Waals surface area contributed by atoms with Crippen molar-refractivity contribution in [1.29, 1.82) is 0 Å². The van der Waals surface area contributed by atoms with Crippen LogP contribution >= 0.6 is 0 Å². The third-order valence-corrected chi connectivity index (χ3v) is 2.38. The van der Waals surface area contributed by atoms with Gasteiger partial charge in [0.25, 0.3) is 6.33 Å². The molecule has 6 nitrogen and oxygen atoms in total. The Morgan fingerprint density at radius 2 is 2.11 bits per heavy atom. The van der Waals surface area contributed by atoms with Crippen LogP contribution in [-0.4, -0.2) is 41.2 Å². The van der Waals surface area contributed by atoms with Gasteiger partial charge in [0.2, 0.25) is 0 Å². The van der Waals surface area contributed by atoms with Crippen molar-refractivity contribution in [2.24, 2.45) is 7.05 Å². The molecule has 0 N–H and O–H groups in total. The summed E-state index contributed by atoms with van der Waals surface area (Å²) in [5.41, 5.74) is 0. The summed E-state index contributed by atoms with van der Waals surface area (Å²) >= 11 is 0. The van der Waals surface area contributed by atoms with Gasteiger partial charge in [-0.1, -0.05) is 6.92 Å². The summed E-state index contributed by atoms with van der Waals surface area (Å²) < 4.78 is 8.09. The van der Waals surface area contributed by atoms with Crippen molar-refractivity contribution in [3.8, 4) is 0 Å². The van der Waals surface area contributed by atoms with Crippen LogP contribution < -0.4 is 4.57 Å². The van der Waals surface area contributed by atoms with Crippen molar-refractivity contribution >= 4 is 12.0 Å². The number of carbonyl (C=O) groups excluding carboxylic acids is 2. The van der Waals surface area contributed by atoms with Gasteiger partial charge in [-0.15, -0.1) is 0 Å². The lowest BCUT2D eigenvalue weighted by molar-refractivity contribution is -0.670. The van der Waals surface area contributed by atoms with Crippen LogP contribution in [0.5, 0.6) is 0 Å². The van der Waals surface area contributed by atoms with Crippen molar-refractivity contribution < 1.29 is 18.9 Å². The van der Waals surface area contributed by atoms with E-state index in [1.807, 2.05) is 14.0 Å². The van der Waals surface area contributed by atoms with Crippen LogP contribution in [0, 0.1) is 0 Å². The molecular weight excluding hydrogens is 234 g/mol. The summed E-state index contributed by atoms with van der Waals surface area (Å²) in [5, 5.41) is 0. The van der Waals surface area contributed by atoms with Crippen LogP contribution in [0.1, 0.15) is 20.3 Å². The van der Waals surface area contributed by atoms with Gasteiger partial charge in [0.15, 0.2) is 0 Å². The summed E-state index contributed by atoms with van der Waals surface area (Å²) in [6.07, 6.45) is 5.89. The first-order valence-electron chi connectivity index (χ1n) is 6.06. The molecule has 0 aliphatic heterocycles. The average Bonchev–Trinajstić information content (AvgIpc) is 2.75. The Morgan fingerprint density at radius 3 is 2.61 bits per heavy atom. The smallest absolute Gasteiger partial charge is 0.416 e. The molecule has 0 aliphatic rings. The van der Waals surface area contributed by atoms with Gasteiger partial charge in [0, 0.05) is 6.54 Å². The number of ether oxygens (including phenoxy) is 1. The minimum atomic E-state index is -0.379. The van der Waals surface area contributed by atoms with E-state index in [0.717, 1.165) is 6.42 Å². The Hall–Kier alpha value is -1.85. The van der Waals surface area contributed by atoms with E-state index in [-0.39, 0.29) is 18.5 Å². The molecule has 1 aromatic heterocycles. The Morgan fingerprint density at radius 1 is 1.39 bits per heavy atom. The second-order valence-electron chi connectivity index (χ2n) is 4.00. The van der Waals surface area contributed by atoms with E-state index < -0.39 is 0 Å². The lowest BCUT2D eigenvalue weighted by Crippen LogP contribution is -2.40. The van der Waals surface area contributed by atoms with Crippen LogP contribution in [0.2, 0.25) is 0 Å². The van der Waals surface area contributed by atoms with Gasteiger partial charge in [-0.25, -0.2) is 9.36 Å². The lowest BCUT2D eigenvalue weighted by atomic mass is 10.4. The second kappa shape index (κ2) is 6.78. The average molecular weight is 254 g/mol. The van der Waals surface area contributed by atoms with Gasteiger partial charge in [-0.05, 0) is 13.3 Å². The summed E-state index contributed by atoms with van der Waals surface area (Å²) in [7, 11) is 1.83. The zero-order chi connectivity index (χ0) is 13.5. The minimum absolute atomic E-state index is 0.0115. The van der Waals surface area contributed by atoms with Gasteiger partial charge < -0.3 is 4.74 Å². The SMILES string of the molecule is CCCN(CC(=O)OCC)C(=O)n1cc[n+](C)c1. The predicted octanol–water partition coefficient (Wildman–Crippen LogP) is 0.556. The topological polar surface area (TPSA) is 55.4 Å². The normalized spacial score (nSPS) is 10.2. The van der Waals surface area contributed by atoms with E-state index in [1.54, 1.807) is 30.2 Å². The van der Waals surface area contributed by atoms with E-state index >= 15 is 0 Å². The molecule has 0 unspecified atom stereocenters. The quantitative estimate of drug-likeness (QED) is 0.570. The fourth-order valence-corrected chi connectivity index (χ4v) is 1.60. The second-order valence-corrected chi connectivity index (χ2v) is 4.00. The van der Waals surface area contributed by atoms with Crippen molar-refractivity contribution in [2.45, 2.75) is 20.3 Å². The lowest BCUT2D eigenvalue weighted by Gasteiger charge is -2.17. The largest absolute Gasteiger partial charge is 0.465 e. The number of rotatable bonds is 5. The number of esters is 1. The number of aryl methyl sites for hydroxylation is 1. The van der Waals surface area contributed by atoms with Crippen LogP contribution in [0.15, 0.2) is 18.7 Å². The number of nitrogens with zero attached hydrogens (tertiary/aromatic N) is 3.